The van der Waals surface area contributed by atoms with Gasteiger partial charge in [-0.1, -0.05) is 24.6 Å². The summed E-state index contributed by atoms with van der Waals surface area (Å²) in [6, 6.07) is 10.7. The number of rotatable bonds is 9. The lowest BCUT2D eigenvalue weighted by Gasteiger charge is -2.38. The molecule has 1 aromatic carbocycles. The van der Waals surface area contributed by atoms with E-state index in [0.29, 0.717) is 11.8 Å². The Morgan fingerprint density at radius 1 is 1.12 bits per heavy atom. The Labute approximate surface area is 214 Å². The van der Waals surface area contributed by atoms with E-state index in [1.165, 1.54) is 24.2 Å². The maximum Gasteiger partial charge on any atom is 0.225 e. The van der Waals surface area contributed by atoms with E-state index in [2.05, 4.69) is 57.7 Å². The predicted molar refractivity (Wildman–Crippen MR) is 144 cm³/mol. The fourth-order valence-electron chi connectivity index (χ4n) is 4.17. The highest BCUT2D eigenvalue weighted by molar-refractivity contribution is 14.0. The number of nitrogens with one attached hydrogen (secondary N) is 2. The van der Waals surface area contributed by atoms with Crippen LogP contribution in [0.5, 0.6) is 0 Å². The lowest BCUT2D eigenvalue weighted by molar-refractivity contribution is -0.139. The zero-order valence-corrected chi connectivity index (χ0v) is 22.4. The van der Waals surface area contributed by atoms with Gasteiger partial charge < -0.3 is 15.5 Å². The van der Waals surface area contributed by atoms with Crippen LogP contribution in [0.4, 0.5) is 0 Å². The van der Waals surface area contributed by atoms with E-state index in [-0.39, 0.29) is 28.7 Å². The van der Waals surface area contributed by atoms with Gasteiger partial charge in [0.2, 0.25) is 5.91 Å². The highest BCUT2D eigenvalue weighted by Gasteiger charge is 2.43. The first kappa shape index (κ1) is 25.6. The number of halogens is 1. The van der Waals surface area contributed by atoms with Gasteiger partial charge in [-0.05, 0) is 44.7 Å². The molecule has 1 saturated heterocycles. The molecule has 1 aromatic rings. The van der Waals surface area contributed by atoms with Gasteiger partial charge in [0, 0.05) is 61.4 Å². The van der Waals surface area contributed by atoms with E-state index < -0.39 is 0 Å². The summed E-state index contributed by atoms with van der Waals surface area (Å²) < 4.78 is 0.271. The van der Waals surface area contributed by atoms with E-state index >= 15 is 0 Å². The summed E-state index contributed by atoms with van der Waals surface area (Å²) in [5.74, 6) is 1.64. The quantitative estimate of drug-likeness (QED) is 0.270. The fraction of sp³-hybridized carbons (Fsp3) is 0.667. The highest BCUT2D eigenvalue weighted by Crippen LogP contribution is 2.51. The van der Waals surface area contributed by atoms with Crippen molar-refractivity contribution >= 4 is 47.6 Å². The largest absolute Gasteiger partial charge is 0.357 e. The molecule has 3 fully saturated rings. The Morgan fingerprint density at radius 3 is 2.44 bits per heavy atom. The van der Waals surface area contributed by atoms with Crippen molar-refractivity contribution in [3.05, 3.63) is 30.3 Å². The standard InChI is InChI=1S/C24H37N5OS.HI/c1-2-25-23(27-19-24(11-12-24)31-21-9-4-3-5-10-21)26-13-14-28-15-17-29(18-16-28)22(30)20-7-6-8-20;/h3-5,9-10,20H,2,6-8,11-19H2,1H3,(H2,25,26,27);1H. The van der Waals surface area contributed by atoms with Crippen LogP contribution in [-0.2, 0) is 4.79 Å². The van der Waals surface area contributed by atoms with Gasteiger partial charge >= 0.3 is 0 Å². The van der Waals surface area contributed by atoms with Gasteiger partial charge in [-0.25, -0.2) is 0 Å². The van der Waals surface area contributed by atoms with Crippen molar-refractivity contribution in [1.29, 1.82) is 0 Å². The van der Waals surface area contributed by atoms with Gasteiger partial charge in [0.1, 0.15) is 0 Å². The van der Waals surface area contributed by atoms with Crippen molar-refractivity contribution in [3.63, 3.8) is 0 Å². The molecule has 2 saturated carbocycles. The smallest absolute Gasteiger partial charge is 0.225 e. The van der Waals surface area contributed by atoms with Crippen LogP contribution >= 0.6 is 35.7 Å². The summed E-state index contributed by atoms with van der Waals surface area (Å²) in [6.07, 6.45) is 5.89. The molecule has 0 bridgehead atoms. The number of hydrogen-bond donors (Lipinski definition) is 2. The molecule has 2 N–H and O–H groups in total. The number of guanidine groups is 1. The number of piperazine rings is 1. The number of aliphatic imine (C=N–C) groups is 1. The molecule has 0 spiro atoms. The SMILES string of the molecule is CCNC(=NCC1(Sc2ccccc2)CC1)NCCN1CCN(C(=O)C2CCC2)CC1.I. The first-order valence-corrected chi connectivity index (χ1v) is 12.8. The lowest BCUT2D eigenvalue weighted by Crippen LogP contribution is -2.52. The molecule has 3 aliphatic rings. The van der Waals surface area contributed by atoms with E-state index in [9.17, 15) is 4.79 Å². The van der Waals surface area contributed by atoms with Crippen molar-refractivity contribution < 1.29 is 4.79 Å². The van der Waals surface area contributed by atoms with Crippen molar-refractivity contribution in [1.82, 2.24) is 20.4 Å². The third-order valence-corrected chi connectivity index (χ3v) is 8.09. The summed E-state index contributed by atoms with van der Waals surface area (Å²) in [6.45, 7) is 9.40. The molecule has 1 heterocycles. The van der Waals surface area contributed by atoms with Crippen LogP contribution in [0, 0.1) is 5.92 Å². The zero-order valence-electron chi connectivity index (χ0n) is 19.2. The number of benzene rings is 1. The van der Waals surface area contributed by atoms with Crippen LogP contribution in [0.1, 0.15) is 39.0 Å². The number of carbonyl (C=O) groups is 1. The first-order valence-electron chi connectivity index (χ1n) is 11.9. The minimum atomic E-state index is 0. The maximum absolute atomic E-state index is 12.4. The molecule has 1 aliphatic heterocycles. The molecule has 0 atom stereocenters. The molecule has 0 aromatic heterocycles. The molecular formula is C24H38IN5OS. The normalized spacial score (nSPS) is 20.8. The van der Waals surface area contributed by atoms with Crippen LogP contribution in [-0.4, -0.2) is 78.8 Å². The lowest BCUT2D eigenvalue weighted by atomic mass is 9.84. The average Bonchev–Trinajstić information content (AvgIpc) is 3.51. The highest BCUT2D eigenvalue weighted by atomic mass is 127. The van der Waals surface area contributed by atoms with Gasteiger partial charge in [-0.15, -0.1) is 35.7 Å². The number of carbonyl (C=O) groups excluding carboxylic acids is 1. The Bertz CT molecular complexity index is 746. The van der Waals surface area contributed by atoms with Gasteiger partial charge in [0.25, 0.3) is 0 Å². The summed E-state index contributed by atoms with van der Waals surface area (Å²) in [4.78, 5) is 23.2. The molecule has 32 heavy (non-hydrogen) atoms. The van der Waals surface area contributed by atoms with Crippen molar-refractivity contribution in [2.45, 2.75) is 48.7 Å². The monoisotopic (exact) mass is 571 g/mol. The fourth-order valence-corrected chi connectivity index (χ4v) is 5.40. The Morgan fingerprint density at radius 2 is 1.84 bits per heavy atom. The molecule has 178 valence electrons. The van der Waals surface area contributed by atoms with Crippen LogP contribution in [0.2, 0.25) is 0 Å². The topological polar surface area (TPSA) is 60.0 Å². The number of nitrogens with zero attached hydrogens (tertiary/aromatic N) is 3. The minimum absolute atomic E-state index is 0. The molecule has 2 aliphatic carbocycles. The van der Waals surface area contributed by atoms with E-state index in [4.69, 9.17) is 4.99 Å². The Balaban J connectivity index is 0.00000289. The van der Waals surface area contributed by atoms with Gasteiger partial charge in [-0.3, -0.25) is 14.7 Å². The van der Waals surface area contributed by atoms with Gasteiger partial charge in [0.15, 0.2) is 5.96 Å². The van der Waals surface area contributed by atoms with Gasteiger partial charge in [0.05, 0.1) is 6.54 Å². The molecule has 0 radical (unpaired) electrons. The number of thioether (sulfide) groups is 1. The summed E-state index contributed by atoms with van der Waals surface area (Å²) in [5, 5.41) is 6.90. The molecule has 8 heteroatoms. The molecule has 6 nitrogen and oxygen atoms in total. The summed E-state index contributed by atoms with van der Waals surface area (Å²) in [7, 11) is 0. The third-order valence-electron chi connectivity index (χ3n) is 6.61. The van der Waals surface area contributed by atoms with E-state index in [0.717, 1.165) is 71.2 Å². The number of amides is 1. The summed E-state index contributed by atoms with van der Waals surface area (Å²) >= 11 is 1.97. The summed E-state index contributed by atoms with van der Waals surface area (Å²) in [5.41, 5.74) is 0. The second-order valence-corrected chi connectivity index (χ2v) is 10.6. The Hall–Kier alpha value is -1.00. The second kappa shape index (κ2) is 12.5. The Kier molecular flexibility index (Phi) is 9.98. The minimum Gasteiger partial charge on any atom is -0.357 e. The van der Waals surface area contributed by atoms with Crippen LogP contribution in [0.3, 0.4) is 0 Å². The van der Waals surface area contributed by atoms with Crippen molar-refractivity contribution in [2.24, 2.45) is 10.9 Å². The molecular weight excluding hydrogens is 533 g/mol. The zero-order chi connectivity index (χ0) is 21.5. The van der Waals surface area contributed by atoms with Crippen molar-refractivity contribution in [3.8, 4) is 0 Å². The molecule has 0 unspecified atom stereocenters. The van der Waals surface area contributed by atoms with Crippen LogP contribution in [0.15, 0.2) is 40.2 Å². The third kappa shape index (κ3) is 7.25. The molecule has 4 rings (SSSR count). The van der Waals surface area contributed by atoms with Crippen LogP contribution < -0.4 is 10.6 Å². The average molecular weight is 572 g/mol. The van der Waals surface area contributed by atoms with Crippen LogP contribution in [0.25, 0.3) is 0 Å². The predicted octanol–water partition coefficient (Wildman–Crippen LogP) is 3.43. The van der Waals surface area contributed by atoms with Crippen molar-refractivity contribution in [2.75, 3.05) is 52.4 Å². The molecule has 1 amide bonds. The maximum atomic E-state index is 12.4. The van der Waals surface area contributed by atoms with E-state index in [1.54, 1.807) is 0 Å². The van der Waals surface area contributed by atoms with E-state index in [1.807, 2.05) is 11.8 Å². The number of hydrogen-bond acceptors (Lipinski definition) is 4. The van der Waals surface area contributed by atoms with Gasteiger partial charge in [-0.2, -0.15) is 0 Å². The second-order valence-electron chi connectivity index (χ2n) is 9.01. The first-order chi connectivity index (χ1) is 15.2.